The Balaban J connectivity index is 0.000000342. The van der Waals surface area contributed by atoms with Crippen molar-refractivity contribution in [3.63, 3.8) is 0 Å². The molecule has 52 heteroatoms. The highest BCUT2D eigenvalue weighted by molar-refractivity contribution is 14.1. The van der Waals surface area contributed by atoms with Crippen LogP contribution in [0.1, 0.15) is 107 Å². The summed E-state index contributed by atoms with van der Waals surface area (Å²) in [5.41, 5.74) is 27.4. The molecule has 4 aromatic carbocycles. The van der Waals surface area contributed by atoms with Crippen LogP contribution in [0.5, 0.6) is 0 Å². The minimum Gasteiger partial charge on any atom is -0.465 e. The normalized spacial score (nSPS) is 10.7. The Morgan fingerprint density at radius 3 is 1.23 bits per heavy atom. The van der Waals surface area contributed by atoms with Crippen LogP contribution in [-0.2, 0) is 68.6 Å². The number of amidine groups is 1. The molecule has 0 aliphatic heterocycles. The maximum Gasteiger partial charge on any atom is 0.338 e. The number of oxime groups is 1. The molecule has 0 unspecified atom stereocenters. The van der Waals surface area contributed by atoms with E-state index < -0.39 is 82.5 Å². The lowest BCUT2D eigenvalue weighted by Gasteiger charge is -2.27. The Morgan fingerprint density at radius 2 is 0.856 bits per heavy atom. The lowest BCUT2D eigenvalue weighted by atomic mass is 10.2. The molecule has 0 atom stereocenters. The molecule has 19 N–H and O–H groups in total. The van der Waals surface area contributed by atoms with Gasteiger partial charge >= 0.3 is 18.0 Å². The number of anilines is 6. The Labute approximate surface area is 815 Å². The lowest BCUT2D eigenvalue weighted by molar-refractivity contribution is -0.365. The number of benzene rings is 4. The number of amides is 7. The number of carbonyl (C=O) groups is 6. The van der Waals surface area contributed by atoms with Gasteiger partial charge in [-0.25, -0.2) is 88.2 Å². The molecule has 0 aliphatic rings. The van der Waals surface area contributed by atoms with Crippen molar-refractivity contribution in [2.75, 3.05) is 80.9 Å². The fourth-order valence-electron chi connectivity index (χ4n) is 10.4. The van der Waals surface area contributed by atoms with Crippen molar-refractivity contribution in [2.45, 2.75) is 109 Å². The molecule has 47 nitrogen and oxygen atoms in total. The Morgan fingerprint density at radius 1 is 0.489 bits per heavy atom. The Kier molecular flexibility index (Phi) is 48.7. The average molecular weight is 2110 g/mol. The number of aryl methyl sites for hydroxylation is 6. The zero-order valence-electron chi connectivity index (χ0n) is 77.4. The molecule has 8 aromatic heterocycles. The van der Waals surface area contributed by atoms with Crippen LogP contribution in [0.25, 0.3) is 22.8 Å². The minimum atomic E-state index is -4.19. The highest BCUT2D eigenvalue weighted by Gasteiger charge is 2.31. The van der Waals surface area contributed by atoms with E-state index in [1.807, 2.05) is 77.1 Å². The molecule has 0 saturated carbocycles. The molecular weight excluding hydrogens is 2000 g/mol. The molecule has 139 heavy (non-hydrogen) atoms. The molecule has 12 rings (SSSR count). The van der Waals surface area contributed by atoms with E-state index in [0.717, 1.165) is 26.6 Å². The molecule has 0 bridgehead atoms. The van der Waals surface area contributed by atoms with Crippen LogP contribution in [-0.4, -0.2) is 193 Å². The van der Waals surface area contributed by atoms with E-state index in [-0.39, 0.29) is 60.4 Å². The number of urea groups is 2. The number of esters is 1. The van der Waals surface area contributed by atoms with E-state index in [2.05, 4.69) is 101 Å². The van der Waals surface area contributed by atoms with Crippen LogP contribution in [0.15, 0.2) is 241 Å². The first-order valence-corrected chi connectivity index (χ1v) is 48.2. The predicted molar refractivity (Wildman–Crippen MR) is 522 cm³/mol. The summed E-state index contributed by atoms with van der Waals surface area (Å²) < 4.78 is 138. The van der Waals surface area contributed by atoms with E-state index in [4.69, 9.17) is 61.9 Å². The second-order valence-corrected chi connectivity index (χ2v) is 35.2. The number of ether oxygens (including phenoxy) is 4. The van der Waals surface area contributed by atoms with Crippen molar-refractivity contribution < 1.29 is 101 Å². The van der Waals surface area contributed by atoms with Crippen molar-refractivity contribution in [1.82, 2.24) is 71.5 Å². The number of nitrogens with zero attached hydrogens (tertiary/aromatic N) is 13. The van der Waals surface area contributed by atoms with Crippen LogP contribution in [0, 0.1) is 52.9 Å². The minimum absolute atomic E-state index is 0.0310. The summed E-state index contributed by atoms with van der Waals surface area (Å²) in [7, 11) is -14.0. The van der Waals surface area contributed by atoms with E-state index in [9.17, 15) is 62.4 Å². The van der Waals surface area contributed by atoms with Gasteiger partial charge in [0.05, 0.1) is 48.3 Å². The first kappa shape index (κ1) is 116. The zero-order valence-corrected chi connectivity index (χ0v) is 82.8. The monoisotopic (exact) mass is 2110 g/mol. The third kappa shape index (κ3) is 40.7. The number of halogens is 1. The van der Waals surface area contributed by atoms with Gasteiger partial charge in [-0.2, -0.15) is 15.2 Å². The number of nitrogens with one attached hydrogen (secondary N) is 7. The fraction of sp³-hybridized carbons (Fsp3) is 0.241. The predicted octanol–water partition coefficient (Wildman–Crippen LogP) is 9.27. The van der Waals surface area contributed by atoms with Crippen molar-refractivity contribution in [2.24, 2.45) is 22.5 Å². The molecule has 12 aromatic rings. The first-order chi connectivity index (χ1) is 65.9. The van der Waals surface area contributed by atoms with Crippen LogP contribution in [0.3, 0.4) is 0 Å². The second-order valence-electron chi connectivity index (χ2n) is 27.5. The summed E-state index contributed by atoms with van der Waals surface area (Å²) in [5, 5.41) is 43.4. The molecule has 8 heterocycles. The number of aromatic nitrogens is 10. The van der Waals surface area contributed by atoms with Crippen LogP contribution < -0.4 is 68.6 Å². The van der Waals surface area contributed by atoms with E-state index >= 15 is 0 Å². The van der Waals surface area contributed by atoms with Crippen molar-refractivity contribution in [3.05, 3.63) is 263 Å². The van der Waals surface area contributed by atoms with E-state index in [1.54, 1.807) is 120 Å². The first-order valence-electron chi connectivity index (χ1n) is 40.8. The lowest BCUT2D eigenvalue weighted by Crippen LogP contribution is -2.46. The van der Waals surface area contributed by atoms with Gasteiger partial charge in [-0.05, 0) is 184 Å². The quantitative estimate of drug-likeness (QED) is 0.00317. The summed E-state index contributed by atoms with van der Waals surface area (Å²) >= 11 is 1.88. The van der Waals surface area contributed by atoms with Gasteiger partial charge in [0, 0.05) is 113 Å². The van der Waals surface area contributed by atoms with Crippen LogP contribution in [0.4, 0.5) is 44.5 Å². The molecular formula is C87H106IN25O22S4. The SMILES string of the molecule is CCNC(=O)NC(=O)CI.CCNC(=O)NC(=O)CN(c1cc(-c2noc(C)n2)ccn1)S(=O)(=O)c1ccc(C)cc1.CCOC(C)(OCC)OCC.COC(=O)c1ccnc(N)c1.Cc1ccc(S(=O)(=O)Nc2cc(-c3noc(C)n3)ccn2)cc1.Cc1ccc(S(=O)(=O)Nc2cc(/C(N)=N\O)ccn2)cc1.Cc1ccc(S(=O)(=O)Nc2cc(C#N)ccn2)cc1.NC(=O)c1ccnc(N)c1.NO. The van der Waals surface area contributed by atoms with Gasteiger partial charge < -0.3 is 72.0 Å². The number of sulfonamides is 4. The van der Waals surface area contributed by atoms with Gasteiger partial charge in [-0.15, -0.1) is 0 Å². The van der Waals surface area contributed by atoms with Gasteiger partial charge in [-0.3, -0.25) is 39.2 Å². The number of nitriles is 1. The number of methoxy groups -OCH3 is 1. The molecule has 0 aliphatic carbocycles. The van der Waals surface area contributed by atoms with Crippen molar-refractivity contribution >= 4 is 139 Å². The summed E-state index contributed by atoms with van der Waals surface area (Å²) in [6, 6.07) is 44.3. The largest absolute Gasteiger partial charge is 0.465 e. The highest BCUT2D eigenvalue weighted by atomic mass is 127. The number of pyridine rings is 6. The zero-order chi connectivity index (χ0) is 104. The maximum atomic E-state index is 13.4. The number of primary amides is 1. The number of nitrogens with two attached hydrogens (primary N) is 5. The maximum absolute atomic E-state index is 13.4. The number of imide groups is 2. The fourth-order valence-corrected chi connectivity index (χ4v) is 14.9. The van der Waals surface area contributed by atoms with Crippen molar-refractivity contribution in [1.29, 1.82) is 5.26 Å². The molecule has 742 valence electrons. The Bertz CT molecular complexity index is 6560. The van der Waals surface area contributed by atoms with Gasteiger partial charge in [0.1, 0.15) is 41.5 Å². The molecule has 0 spiro atoms. The summed E-state index contributed by atoms with van der Waals surface area (Å²) in [6.07, 6.45) is 8.49. The number of alkyl halides is 1. The second kappa shape index (κ2) is 58.3. The topological polar surface area (TPSA) is 725 Å². The number of carbonyl (C=O) groups excluding carboxylic acids is 6. The van der Waals surface area contributed by atoms with Crippen LogP contribution >= 0.6 is 22.6 Å². The number of hydrogen-bond donors (Lipinski definition) is 14. The van der Waals surface area contributed by atoms with E-state index in [0.29, 0.717) is 100.0 Å². The standard InChI is InChI=1S/C20H22N6O5S.C15H14N4O3S.C13H14N4O3S.C13H11N3O2S.C8H18O3.C7H8N2O2.C6H7N3O.C5H9IN2O2.H3NO/c1-4-21-20(28)24-18(27)12-26(32(29,30)16-7-5-13(2)6-8-16)17-11-15(9-10-22-17)19-23-14(3)31-25-19;1-10-3-5-13(6-4-10)23(20,21)19-14-9-12(7-8-16-14)15-17-11(2)22-18-15;1-9-2-4-11(5-3-9)21(19,20)17-12-8-10(6-7-15-12)13(14)16-18;1-10-2-4-12(5-3-10)19(17,18)16-13-8-11(9-14)6-7-15-13;1-5-9-8(4,10-6-2)11-7-3;1-11-7(10)5-2-3-9-6(8)4-5;7-5-3-4(6(8)10)1-2-9-5;1-2-7-5(10)8-4(9)3-6;1-2/h5-11H,4,12H2,1-3H3,(H2,21,24,27,28);3-9H,1-2H3,(H,16,19);2-8,18H,1H3,(H2,14,16)(H,15,17);2-8H,1H3,(H,15,16);5-7H2,1-4H3;2-4H,1H3,(H2,8,9);1-3H,(H2,7,9)(H2,8,10);2-3H2,1H3,(H2,7,8,9,10);2H,1H2. The molecule has 0 saturated heterocycles. The Hall–Kier alpha value is -15.2. The number of hydrogen-bond acceptors (Lipinski definition) is 37. The molecule has 7 amide bonds. The highest BCUT2D eigenvalue weighted by Crippen LogP contribution is 2.28. The average Bonchev–Trinajstić information content (AvgIpc) is 1.39. The molecule has 0 fully saturated rings. The number of rotatable bonds is 28. The summed E-state index contributed by atoms with van der Waals surface area (Å²) in [5.74, 6) is 2.87. The van der Waals surface area contributed by atoms with Crippen LogP contribution in [0.2, 0.25) is 0 Å². The third-order valence-electron chi connectivity index (χ3n) is 16.8. The smallest absolute Gasteiger partial charge is 0.338 e. The molecule has 0 radical (unpaired) electrons. The third-order valence-corrected chi connectivity index (χ3v) is 23.4. The van der Waals surface area contributed by atoms with E-state index in [1.165, 1.54) is 129 Å². The summed E-state index contributed by atoms with van der Waals surface area (Å²) in [4.78, 5) is 98.6. The van der Waals surface area contributed by atoms with Gasteiger partial charge in [0.15, 0.2) is 5.84 Å². The van der Waals surface area contributed by atoms with Gasteiger partial charge in [0.25, 0.3) is 46.1 Å². The van der Waals surface area contributed by atoms with Gasteiger partial charge in [-0.1, -0.05) is 109 Å². The van der Waals surface area contributed by atoms with Gasteiger partial charge in [0.2, 0.25) is 41.2 Å². The summed E-state index contributed by atoms with van der Waals surface area (Å²) in [6.45, 7) is 23.7. The van der Waals surface area contributed by atoms with Crippen molar-refractivity contribution in [3.8, 4) is 28.8 Å². The number of nitrogen functional groups attached to an aromatic ring is 2.